The van der Waals surface area contributed by atoms with E-state index in [-0.39, 0.29) is 11.3 Å². The molecule has 0 amide bonds. The van der Waals surface area contributed by atoms with Crippen LogP contribution in [-0.4, -0.2) is 5.71 Å². The first-order valence-electron chi connectivity index (χ1n) is 10.4. The molecule has 1 aliphatic carbocycles. The number of benzene rings is 3. The summed E-state index contributed by atoms with van der Waals surface area (Å²) in [6, 6.07) is 32.8. The number of nitriles is 3. The highest BCUT2D eigenvalue weighted by Crippen LogP contribution is 2.55. The van der Waals surface area contributed by atoms with E-state index in [1.54, 1.807) is 24.3 Å². The first-order valence-corrected chi connectivity index (χ1v) is 10.8. The average molecular weight is 447 g/mol. The van der Waals surface area contributed by atoms with Crippen LogP contribution in [0.5, 0.6) is 0 Å². The zero-order valence-corrected chi connectivity index (χ0v) is 18.4. The van der Waals surface area contributed by atoms with Crippen molar-refractivity contribution in [2.45, 2.75) is 18.3 Å². The molecule has 0 heterocycles. The molecular weight excluding hydrogens is 428 g/mol. The Bertz CT molecular complexity index is 1320. The summed E-state index contributed by atoms with van der Waals surface area (Å²) in [5.74, 6) is -1.13. The molecule has 0 spiro atoms. The van der Waals surface area contributed by atoms with Gasteiger partial charge in [-0.2, -0.15) is 15.8 Å². The van der Waals surface area contributed by atoms with Gasteiger partial charge >= 0.3 is 0 Å². The molecular formula is C28H19ClN4. The topological polar surface area (TPSA) is 95.2 Å². The molecule has 2 atom stereocenters. The Hall–Kier alpha value is -4.17. The summed E-state index contributed by atoms with van der Waals surface area (Å²) in [4.78, 5) is 0. The fourth-order valence-corrected chi connectivity index (χ4v) is 4.83. The summed E-state index contributed by atoms with van der Waals surface area (Å²) in [7, 11) is 0. The lowest BCUT2D eigenvalue weighted by molar-refractivity contribution is 0.454. The van der Waals surface area contributed by atoms with Crippen molar-refractivity contribution in [1.82, 2.24) is 0 Å². The van der Waals surface area contributed by atoms with Crippen molar-refractivity contribution in [2.24, 2.45) is 5.41 Å². The summed E-state index contributed by atoms with van der Waals surface area (Å²) in [6.45, 7) is 0. The molecule has 4 nitrogen and oxygen atoms in total. The highest BCUT2D eigenvalue weighted by Gasteiger charge is 2.55. The predicted octanol–water partition coefficient (Wildman–Crippen LogP) is 6.34. The molecule has 1 N–H and O–H groups in total. The van der Waals surface area contributed by atoms with Gasteiger partial charge in [-0.15, -0.1) is 0 Å². The van der Waals surface area contributed by atoms with Crippen LogP contribution < -0.4 is 0 Å². The van der Waals surface area contributed by atoms with E-state index in [2.05, 4.69) is 18.2 Å². The second-order valence-electron chi connectivity index (χ2n) is 8.00. The van der Waals surface area contributed by atoms with E-state index in [1.165, 1.54) is 0 Å². The van der Waals surface area contributed by atoms with E-state index in [0.29, 0.717) is 11.4 Å². The number of nitrogens with zero attached hydrogens (tertiary/aromatic N) is 3. The third-order valence-corrected chi connectivity index (χ3v) is 6.48. The van der Waals surface area contributed by atoms with Crippen LogP contribution in [0.2, 0.25) is 5.02 Å². The van der Waals surface area contributed by atoms with E-state index in [1.807, 2.05) is 60.7 Å². The molecule has 0 fully saturated rings. The van der Waals surface area contributed by atoms with Gasteiger partial charge in [0, 0.05) is 16.9 Å². The van der Waals surface area contributed by atoms with E-state index >= 15 is 0 Å². The van der Waals surface area contributed by atoms with Crippen LogP contribution in [-0.2, 0) is 6.42 Å². The van der Waals surface area contributed by atoms with E-state index in [0.717, 1.165) is 22.3 Å². The van der Waals surface area contributed by atoms with Gasteiger partial charge in [0.2, 0.25) is 0 Å². The normalized spacial score (nSPS) is 19.3. The first kappa shape index (κ1) is 22.0. The number of nitrogens with one attached hydrogen (secondary N) is 1. The van der Waals surface area contributed by atoms with Gasteiger partial charge in [0.15, 0.2) is 5.41 Å². The smallest absolute Gasteiger partial charge is 0.193 e. The molecule has 0 bridgehead atoms. The largest absolute Gasteiger partial charge is 0.301 e. The van der Waals surface area contributed by atoms with Gasteiger partial charge in [0.25, 0.3) is 0 Å². The van der Waals surface area contributed by atoms with Gasteiger partial charge in [-0.1, -0.05) is 84.4 Å². The van der Waals surface area contributed by atoms with Gasteiger partial charge in [0.05, 0.1) is 23.4 Å². The lowest BCUT2D eigenvalue weighted by Gasteiger charge is -2.42. The van der Waals surface area contributed by atoms with Gasteiger partial charge in [0.1, 0.15) is 6.07 Å². The average Bonchev–Trinajstić information content (AvgIpc) is 2.86. The van der Waals surface area contributed by atoms with Crippen LogP contribution in [0.1, 0.15) is 28.5 Å². The molecule has 1 aliphatic rings. The van der Waals surface area contributed by atoms with Crippen LogP contribution in [0.4, 0.5) is 0 Å². The predicted molar refractivity (Wildman–Crippen MR) is 128 cm³/mol. The molecule has 0 saturated heterocycles. The van der Waals surface area contributed by atoms with Crippen molar-refractivity contribution in [3.8, 4) is 18.2 Å². The first-order chi connectivity index (χ1) is 16.1. The van der Waals surface area contributed by atoms with E-state index in [9.17, 15) is 15.8 Å². The molecule has 4 rings (SSSR count). The second kappa shape index (κ2) is 9.13. The molecule has 0 saturated carbocycles. The molecule has 0 radical (unpaired) electrons. The van der Waals surface area contributed by atoms with Gasteiger partial charge in [-0.05, 0) is 40.8 Å². The second-order valence-corrected chi connectivity index (χ2v) is 8.44. The Kier molecular flexibility index (Phi) is 6.10. The molecule has 3 aromatic rings. The maximum absolute atomic E-state index is 10.3. The van der Waals surface area contributed by atoms with Crippen LogP contribution >= 0.6 is 11.6 Å². The Balaban J connectivity index is 2.06. The molecule has 3 aromatic carbocycles. The number of hydrogen-bond acceptors (Lipinski definition) is 4. The number of halogens is 1. The third kappa shape index (κ3) is 3.81. The zero-order chi connectivity index (χ0) is 23.4. The lowest BCUT2D eigenvalue weighted by Crippen LogP contribution is -2.43. The Morgan fingerprint density at radius 1 is 0.788 bits per heavy atom. The van der Waals surface area contributed by atoms with Crippen molar-refractivity contribution < 1.29 is 0 Å². The molecule has 158 valence electrons. The van der Waals surface area contributed by atoms with Crippen molar-refractivity contribution in [3.63, 3.8) is 0 Å². The summed E-state index contributed by atoms with van der Waals surface area (Å²) in [6.07, 6.45) is 0.433. The summed E-state index contributed by atoms with van der Waals surface area (Å²) in [5, 5.41) is 40.1. The Morgan fingerprint density at radius 2 is 1.36 bits per heavy atom. The van der Waals surface area contributed by atoms with Gasteiger partial charge in [-0.3, -0.25) is 0 Å². The quantitative estimate of drug-likeness (QED) is 0.506. The summed E-state index contributed by atoms with van der Waals surface area (Å²) in [5.41, 5.74) is 1.39. The SMILES string of the molecule is N#CC1=C(Cc2ccccc2)[C@H](c2ccccc2)[C@@H](c2ccc(Cl)cc2)C(C#N)(C#N)C1=N. The Labute approximate surface area is 198 Å². The number of hydrogen-bond donors (Lipinski definition) is 1. The van der Waals surface area contributed by atoms with E-state index < -0.39 is 17.3 Å². The van der Waals surface area contributed by atoms with Crippen molar-refractivity contribution >= 4 is 17.3 Å². The van der Waals surface area contributed by atoms with Gasteiger partial charge in [-0.25, -0.2) is 0 Å². The van der Waals surface area contributed by atoms with Crippen molar-refractivity contribution in [2.75, 3.05) is 0 Å². The lowest BCUT2D eigenvalue weighted by atomic mass is 9.56. The zero-order valence-electron chi connectivity index (χ0n) is 17.7. The minimum Gasteiger partial charge on any atom is -0.301 e. The van der Waals surface area contributed by atoms with Crippen LogP contribution in [0.15, 0.2) is 96.1 Å². The monoisotopic (exact) mass is 446 g/mol. The van der Waals surface area contributed by atoms with Crippen LogP contribution in [0.25, 0.3) is 0 Å². The molecule has 5 heteroatoms. The number of rotatable bonds is 4. The van der Waals surface area contributed by atoms with Crippen molar-refractivity contribution in [3.05, 3.63) is 118 Å². The van der Waals surface area contributed by atoms with Crippen LogP contribution in [0, 0.1) is 44.8 Å². The Morgan fingerprint density at radius 3 is 1.91 bits per heavy atom. The van der Waals surface area contributed by atoms with Crippen molar-refractivity contribution in [1.29, 1.82) is 21.2 Å². The highest BCUT2D eigenvalue weighted by atomic mass is 35.5. The third-order valence-electron chi connectivity index (χ3n) is 6.23. The molecule has 33 heavy (non-hydrogen) atoms. The fourth-order valence-electron chi connectivity index (χ4n) is 4.70. The standard InChI is InChI=1S/C28H19ClN4/c29-22-13-11-21(12-14-22)26-25(20-9-5-2-6-10-20)23(15-19-7-3-1-4-8-19)24(16-30)27(33)28(26,17-31)18-32/h1-14,25-26,33H,15H2/t25-,26+/m0/s1. The highest BCUT2D eigenvalue weighted by molar-refractivity contribution is 6.30. The van der Waals surface area contributed by atoms with Crippen LogP contribution in [0.3, 0.4) is 0 Å². The molecule has 0 aromatic heterocycles. The molecule has 0 aliphatic heterocycles. The maximum Gasteiger partial charge on any atom is 0.193 e. The minimum absolute atomic E-state index is 0.112. The minimum atomic E-state index is -1.82. The van der Waals surface area contributed by atoms with Gasteiger partial charge < -0.3 is 5.41 Å². The molecule has 0 unspecified atom stereocenters. The summed E-state index contributed by atoms with van der Waals surface area (Å²) >= 11 is 6.13. The fraction of sp³-hybridized carbons (Fsp3) is 0.143. The maximum atomic E-state index is 10.3. The number of allylic oxidation sites excluding steroid dienone is 2. The van der Waals surface area contributed by atoms with E-state index in [4.69, 9.17) is 17.0 Å². The summed E-state index contributed by atoms with van der Waals surface area (Å²) < 4.78 is 0.